The van der Waals surface area contributed by atoms with Crippen LogP contribution in [0.4, 0.5) is 0 Å². The van der Waals surface area contributed by atoms with E-state index in [1.807, 2.05) is 10.9 Å². The van der Waals surface area contributed by atoms with Crippen molar-refractivity contribution in [3.8, 4) is 0 Å². The average Bonchev–Trinajstić information content (AvgIpc) is 2.87. The minimum atomic E-state index is 0.201. The zero-order chi connectivity index (χ0) is 14.5. The Bertz CT molecular complexity index is 545. The average molecular weight is 272 g/mol. The monoisotopic (exact) mass is 272 g/mol. The summed E-state index contributed by atoms with van der Waals surface area (Å²) >= 11 is 0. The largest absolute Gasteiger partial charge is 0.271 e. The lowest BCUT2D eigenvalue weighted by molar-refractivity contribution is 0.495. The first-order valence-corrected chi connectivity index (χ1v) is 7.14. The van der Waals surface area contributed by atoms with Gasteiger partial charge in [0.2, 0.25) is 0 Å². The van der Waals surface area contributed by atoms with Gasteiger partial charge in [0.15, 0.2) is 0 Å². The molecule has 1 atom stereocenters. The molecule has 108 valence electrons. The highest BCUT2D eigenvalue weighted by Gasteiger charge is 2.11. The highest BCUT2D eigenvalue weighted by Crippen LogP contribution is 2.11. The van der Waals surface area contributed by atoms with Crippen LogP contribution in [0.15, 0.2) is 36.5 Å². The van der Waals surface area contributed by atoms with Gasteiger partial charge in [-0.25, -0.2) is 0 Å². The second-order valence-corrected chi connectivity index (χ2v) is 5.64. The van der Waals surface area contributed by atoms with Gasteiger partial charge in [-0.1, -0.05) is 29.8 Å². The molecular formula is C16H24N4. The normalized spacial score (nSPS) is 12.8. The molecule has 3 N–H and O–H groups in total. The van der Waals surface area contributed by atoms with Crippen LogP contribution in [-0.2, 0) is 12.8 Å². The Labute approximate surface area is 121 Å². The summed E-state index contributed by atoms with van der Waals surface area (Å²) in [7, 11) is 0. The second-order valence-electron chi connectivity index (χ2n) is 5.64. The van der Waals surface area contributed by atoms with E-state index in [1.165, 1.54) is 11.1 Å². The predicted octanol–water partition coefficient (Wildman–Crippen LogP) is 2.39. The molecule has 20 heavy (non-hydrogen) atoms. The van der Waals surface area contributed by atoms with Gasteiger partial charge in [0.1, 0.15) is 0 Å². The van der Waals surface area contributed by atoms with Crippen molar-refractivity contribution in [3.63, 3.8) is 0 Å². The van der Waals surface area contributed by atoms with Crippen molar-refractivity contribution in [2.75, 3.05) is 0 Å². The number of nitrogens with zero attached hydrogens (tertiary/aromatic N) is 2. The van der Waals surface area contributed by atoms with E-state index >= 15 is 0 Å². The van der Waals surface area contributed by atoms with E-state index in [0.717, 1.165) is 18.5 Å². The van der Waals surface area contributed by atoms with Crippen molar-refractivity contribution in [3.05, 3.63) is 53.3 Å². The fourth-order valence-electron chi connectivity index (χ4n) is 2.34. The van der Waals surface area contributed by atoms with Crippen molar-refractivity contribution >= 4 is 0 Å². The number of hydrogen-bond donors (Lipinski definition) is 2. The molecule has 0 saturated carbocycles. The van der Waals surface area contributed by atoms with E-state index in [1.54, 1.807) is 0 Å². The van der Waals surface area contributed by atoms with Crippen LogP contribution in [0.3, 0.4) is 0 Å². The zero-order valence-corrected chi connectivity index (χ0v) is 12.5. The Morgan fingerprint density at radius 3 is 2.65 bits per heavy atom. The molecule has 1 unspecified atom stereocenters. The lowest BCUT2D eigenvalue weighted by Crippen LogP contribution is -2.38. The fraction of sp³-hybridized carbons (Fsp3) is 0.438. The van der Waals surface area contributed by atoms with Gasteiger partial charge in [0.05, 0.1) is 5.69 Å². The quantitative estimate of drug-likeness (QED) is 0.627. The topological polar surface area (TPSA) is 55.9 Å². The Morgan fingerprint density at radius 2 is 2.05 bits per heavy atom. The third-order valence-corrected chi connectivity index (χ3v) is 3.45. The highest BCUT2D eigenvalue weighted by atomic mass is 15.3. The molecule has 2 rings (SSSR count). The summed E-state index contributed by atoms with van der Waals surface area (Å²) in [5.41, 5.74) is 6.57. The smallest absolute Gasteiger partial charge is 0.0640 e. The molecule has 0 aliphatic heterocycles. The molecule has 4 heteroatoms. The van der Waals surface area contributed by atoms with Crippen molar-refractivity contribution in [1.82, 2.24) is 15.2 Å². The Kier molecular flexibility index (Phi) is 4.93. The van der Waals surface area contributed by atoms with E-state index in [9.17, 15) is 0 Å². The van der Waals surface area contributed by atoms with E-state index in [0.29, 0.717) is 6.04 Å². The minimum absolute atomic E-state index is 0.201. The first-order valence-electron chi connectivity index (χ1n) is 7.14. The Morgan fingerprint density at radius 1 is 1.25 bits per heavy atom. The molecule has 0 aliphatic rings. The number of hydrazine groups is 1. The Balaban J connectivity index is 2.01. The van der Waals surface area contributed by atoms with Crippen LogP contribution in [-0.4, -0.2) is 15.8 Å². The number of hydrogen-bond acceptors (Lipinski definition) is 3. The number of nitrogens with two attached hydrogens (primary N) is 1. The summed E-state index contributed by atoms with van der Waals surface area (Å²) in [6.45, 7) is 6.36. The van der Waals surface area contributed by atoms with Gasteiger partial charge in [-0.05, 0) is 38.8 Å². The first-order chi connectivity index (χ1) is 9.58. The minimum Gasteiger partial charge on any atom is -0.271 e. The molecule has 1 aromatic carbocycles. The van der Waals surface area contributed by atoms with Crippen LogP contribution in [0.1, 0.15) is 36.7 Å². The molecule has 1 heterocycles. The second kappa shape index (κ2) is 6.68. The molecular weight excluding hydrogens is 248 g/mol. The van der Waals surface area contributed by atoms with Crippen LogP contribution >= 0.6 is 0 Å². The van der Waals surface area contributed by atoms with Crippen LogP contribution < -0.4 is 11.3 Å². The van der Waals surface area contributed by atoms with E-state index in [-0.39, 0.29) is 6.04 Å². The number of aryl methyl sites for hydroxylation is 1. The molecule has 4 nitrogen and oxygen atoms in total. The summed E-state index contributed by atoms with van der Waals surface area (Å²) in [5.74, 6) is 5.69. The molecule has 2 aromatic rings. The lowest BCUT2D eigenvalue weighted by Gasteiger charge is -2.15. The van der Waals surface area contributed by atoms with Gasteiger partial charge in [-0.3, -0.25) is 16.0 Å². The van der Waals surface area contributed by atoms with E-state index < -0.39 is 0 Å². The number of nitrogens with one attached hydrogen (secondary N) is 1. The van der Waals surface area contributed by atoms with Gasteiger partial charge < -0.3 is 0 Å². The van der Waals surface area contributed by atoms with Crippen molar-refractivity contribution in [1.29, 1.82) is 0 Å². The molecule has 0 aliphatic carbocycles. The van der Waals surface area contributed by atoms with Gasteiger partial charge >= 0.3 is 0 Å². The van der Waals surface area contributed by atoms with Gasteiger partial charge in [0, 0.05) is 24.7 Å². The number of benzene rings is 1. The molecule has 0 bridgehead atoms. The highest BCUT2D eigenvalue weighted by molar-refractivity contribution is 5.23. The van der Waals surface area contributed by atoms with Gasteiger partial charge in [-0.2, -0.15) is 5.10 Å². The summed E-state index contributed by atoms with van der Waals surface area (Å²) in [6.07, 6.45) is 3.77. The maximum Gasteiger partial charge on any atom is 0.0640 e. The molecule has 0 amide bonds. The maximum absolute atomic E-state index is 5.69. The summed E-state index contributed by atoms with van der Waals surface area (Å²) < 4.78 is 1.98. The van der Waals surface area contributed by atoms with Gasteiger partial charge in [-0.15, -0.1) is 0 Å². The van der Waals surface area contributed by atoms with Gasteiger partial charge in [0.25, 0.3) is 0 Å². The zero-order valence-electron chi connectivity index (χ0n) is 12.5. The summed E-state index contributed by atoms with van der Waals surface area (Å²) in [4.78, 5) is 0. The molecule has 0 radical (unpaired) electrons. The molecule has 0 saturated heterocycles. The number of aromatic nitrogens is 2. The van der Waals surface area contributed by atoms with E-state index in [4.69, 9.17) is 5.84 Å². The predicted molar refractivity (Wildman–Crippen MR) is 82.3 cm³/mol. The van der Waals surface area contributed by atoms with Crippen molar-refractivity contribution in [2.24, 2.45) is 5.84 Å². The van der Waals surface area contributed by atoms with Crippen LogP contribution in [0.2, 0.25) is 0 Å². The standard InChI is InChI=1S/C16H24N4/c1-12(2)20-8-7-15(19-20)11-16(18-17)10-14-6-4-5-13(3)9-14/h4-9,12,16,18H,10-11,17H2,1-3H3. The Hall–Kier alpha value is -1.65. The van der Waals surface area contributed by atoms with Crippen LogP contribution in [0.25, 0.3) is 0 Å². The van der Waals surface area contributed by atoms with Crippen LogP contribution in [0.5, 0.6) is 0 Å². The van der Waals surface area contributed by atoms with Crippen molar-refractivity contribution in [2.45, 2.75) is 45.7 Å². The first kappa shape index (κ1) is 14.8. The molecule has 0 spiro atoms. The number of rotatable bonds is 6. The summed E-state index contributed by atoms with van der Waals surface area (Å²) in [6, 6.07) is 11.2. The van der Waals surface area contributed by atoms with Crippen molar-refractivity contribution < 1.29 is 0 Å². The summed E-state index contributed by atoms with van der Waals surface area (Å²) in [5, 5.41) is 4.58. The third kappa shape index (κ3) is 3.92. The van der Waals surface area contributed by atoms with Crippen LogP contribution in [0, 0.1) is 6.92 Å². The SMILES string of the molecule is Cc1cccc(CC(Cc2ccn(C(C)C)n2)NN)c1. The maximum atomic E-state index is 5.69. The fourth-order valence-corrected chi connectivity index (χ4v) is 2.34. The molecule has 1 aromatic heterocycles. The third-order valence-electron chi connectivity index (χ3n) is 3.45. The lowest BCUT2D eigenvalue weighted by atomic mass is 10.0. The molecule has 0 fully saturated rings. The van der Waals surface area contributed by atoms with E-state index in [2.05, 4.69) is 61.6 Å².